The number of furan rings is 1. The predicted octanol–water partition coefficient (Wildman–Crippen LogP) is 1.98. The summed E-state index contributed by atoms with van der Waals surface area (Å²) in [4.78, 5) is 24.5. The van der Waals surface area contributed by atoms with E-state index < -0.39 is 10.8 Å². The molecule has 0 spiro atoms. The summed E-state index contributed by atoms with van der Waals surface area (Å²) in [5.41, 5.74) is 0.876. The Morgan fingerprint density at radius 1 is 1.38 bits per heavy atom. The van der Waals surface area contributed by atoms with Gasteiger partial charge in [0.15, 0.2) is 5.76 Å². The Bertz CT molecular complexity index is 758. The monoisotopic (exact) mass is 331 g/mol. The molecule has 1 aromatic heterocycles. The second-order valence-electron chi connectivity index (χ2n) is 5.36. The van der Waals surface area contributed by atoms with Crippen molar-refractivity contribution in [2.45, 2.75) is 6.04 Å². The van der Waals surface area contributed by atoms with Crippen LogP contribution in [0, 0.1) is 10.1 Å². The van der Waals surface area contributed by atoms with E-state index in [1.165, 1.54) is 12.1 Å². The molecule has 1 amide bonds. The highest BCUT2D eigenvalue weighted by Gasteiger charge is 2.32. The number of benzene rings is 1. The number of piperazine rings is 1. The maximum atomic E-state index is 12.8. The average Bonchev–Trinajstić information content (AvgIpc) is 3.11. The van der Waals surface area contributed by atoms with E-state index in [9.17, 15) is 14.9 Å². The molecule has 8 heteroatoms. The molecular formula is C16H17N3O5. The predicted molar refractivity (Wildman–Crippen MR) is 85.0 cm³/mol. The largest absolute Gasteiger partial charge is 0.496 e. The van der Waals surface area contributed by atoms with E-state index in [1.54, 1.807) is 12.0 Å². The normalized spacial score (nSPS) is 17.5. The number of ether oxygens (including phenoxy) is 1. The Morgan fingerprint density at radius 2 is 2.17 bits per heavy atom. The van der Waals surface area contributed by atoms with E-state index in [-0.39, 0.29) is 17.7 Å². The number of nitrogens with zero attached hydrogens (tertiary/aromatic N) is 2. The van der Waals surface area contributed by atoms with Crippen LogP contribution in [0.4, 0.5) is 5.88 Å². The van der Waals surface area contributed by atoms with E-state index in [0.29, 0.717) is 25.4 Å². The van der Waals surface area contributed by atoms with Gasteiger partial charge in [-0.1, -0.05) is 18.2 Å². The molecule has 1 unspecified atom stereocenters. The van der Waals surface area contributed by atoms with Gasteiger partial charge in [0, 0.05) is 25.2 Å². The van der Waals surface area contributed by atoms with Gasteiger partial charge in [0.2, 0.25) is 0 Å². The fraction of sp³-hybridized carbons (Fsp3) is 0.312. The molecule has 2 heterocycles. The second kappa shape index (κ2) is 6.71. The number of carbonyl (C=O) groups is 1. The number of rotatable bonds is 4. The Balaban J connectivity index is 1.91. The van der Waals surface area contributed by atoms with Crippen LogP contribution in [-0.4, -0.2) is 42.5 Å². The van der Waals surface area contributed by atoms with Crippen molar-refractivity contribution in [3.63, 3.8) is 0 Å². The Hall–Kier alpha value is -2.87. The molecule has 1 aliphatic heterocycles. The number of nitro groups is 1. The maximum Gasteiger partial charge on any atom is 0.433 e. The van der Waals surface area contributed by atoms with Gasteiger partial charge in [0.25, 0.3) is 5.91 Å². The molecular weight excluding hydrogens is 314 g/mol. The molecule has 1 N–H and O–H groups in total. The third-order valence-electron chi connectivity index (χ3n) is 3.98. The molecule has 0 saturated carbocycles. The number of hydrogen-bond donors (Lipinski definition) is 1. The van der Waals surface area contributed by atoms with Crippen molar-refractivity contribution >= 4 is 11.8 Å². The summed E-state index contributed by atoms with van der Waals surface area (Å²) in [6.07, 6.45) is 0. The van der Waals surface area contributed by atoms with Crippen molar-refractivity contribution in [3.05, 3.63) is 57.8 Å². The molecule has 126 valence electrons. The third kappa shape index (κ3) is 2.95. The molecule has 0 bridgehead atoms. The first-order chi connectivity index (χ1) is 11.6. The van der Waals surface area contributed by atoms with Crippen molar-refractivity contribution < 1.29 is 18.9 Å². The average molecular weight is 331 g/mol. The van der Waals surface area contributed by atoms with Gasteiger partial charge in [0.1, 0.15) is 10.7 Å². The van der Waals surface area contributed by atoms with Crippen LogP contribution >= 0.6 is 0 Å². The summed E-state index contributed by atoms with van der Waals surface area (Å²) in [6, 6.07) is 9.76. The van der Waals surface area contributed by atoms with Gasteiger partial charge in [-0.05, 0) is 12.1 Å². The Labute approximate surface area is 138 Å². The molecule has 1 atom stereocenters. The zero-order valence-electron chi connectivity index (χ0n) is 13.1. The molecule has 2 aromatic rings. The first-order valence-electron chi connectivity index (χ1n) is 7.50. The summed E-state index contributed by atoms with van der Waals surface area (Å²) in [5.74, 6) is -0.166. The van der Waals surface area contributed by atoms with Crippen molar-refractivity contribution in [3.8, 4) is 5.75 Å². The summed E-state index contributed by atoms with van der Waals surface area (Å²) < 4.78 is 10.4. The van der Waals surface area contributed by atoms with Gasteiger partial charge in [0.05, 0.1) is 19.2 Å². The molecule has 24 heavy (non-hydrogen) atoms. The second-order valence-corrected chi connectivity index (χ2v) is 5.36. The van der Waals surface area contributed by atoms with Gasteiger partial charge >= 0.3 is 5.88 Å². The van der Waals surface area contributed by atoms with Crippen molar-refractivity contribution in [2.24, 2.45) is 0 Å². The zero-order valence-corrected chi connectivity index (χ0v) is 13.1. The summed E-state index contributed by atoms with van der Waals surface area (Å²) >= 11 is 0. The fourth-order valence-corrected chi connectivity index (χ4v) is 2.85. The lowest BCUT2D eigenvalue weighted by Gasteiger charge is -2.36. The van der Waals surface area contributed by atoms with E-state index in [4.69, 9.17) is 9.15 Å². The lowest BCUT2D eigenvalue weighted by atomic mass is 10.0. The van der Waals surface area contributed by atoms with Crippen molar-refractivity contribution in [2.75, 3.05) is 26.7 Å². The SMILES string of the molecule is COc1ccccc1C1CNCCN1C(=O)c1ccc([N+](=O)[O-])o1. The van der Waals surface area contributed by atoms with Gasteiger partial charge < -0.3 is 19.4 Å². The molecule has 3 rings (SSSR count). The van der Waals surface area contributed by atoms with Crippen LogP contribution < -0.4 is 10.1 Å². The molecule has 1 fully saturated rings. The van der Waals surface area contributed by atoms with Gasteiger partial charge in [-0.15, -0.1) is 0 Å². The van der Waals surface area contributed by atoms with Crippen LogP contribution in [0.2, 0.25) is 0 Å². The number of nitrogens with one attached hydrogen (secondary N) is 1. The summed E-state index contributed by atoms with van der Waals surface area (Å²) in [6.45, 7) is 1.67. The highest BCUT2D eigenvalue weighted by atomic mass is 16.6. The van der Waals surface area contributed by atoms with Gasteiger partial charge in [-0.2, -0.15) is 0 Å². The topological polar surface area (TPSA) is 97.8 Å². The van der Waals surface area contributed by atoms with Crippen LogP contribution in [0.15, 0.2) is 40.8 Å². The van der Waals surface area contributed by atoms with E-state index >= 15 is 0 Å². The van der Waals surface area contributed by atoms with E-state index in [2.05, 4.69) is 5.32 Å². The number of methoxy groups -OCH3 is 1. The Morgan fingerprint density at radius 3 is 2.88 bits per heavy atom. The number of carbonyl (C=O) groups excluding carboxylic acids is 1. The molecule has 0 aliphatic carbocycles. The molecule has 0 radical (unpaired) electrons. The lowest BCUT2D eigenvalue weighted by molar-refractivity contribution is -0.402. The minimum atomic E-state index is -0.660. The molecule has 8 nitrogen and oxygen atoms in total. The lowest BCUT2D eigenvalue weighted by Crippen LogP contribution is -2.48. The van der Waals surface area contributed by atoms with Crippen LogP contribution in [-0.2, 0) is 0 Å². The van der Waals surface area contributed by atoms with Crippen LogP contribution in [0.25, 0.3) is 0 Å². The summed E-state index contributed by atoms with van der Waals surface area (Å²) in [5, 5.41) is 14.0. The van der Waals surface area contributed by atoms with Crippen molar-refractivity contribution in [1.29, 1.82) is 0 Å². The van der Waals surface area contributed by atoms with Crippen LogP contribution in [0.1, 0.15) is 22.2 Å². The quantitative estimate of drug-likeness (QED) is 0.679. The van der Waals surface area contributed by atoms with Gasteiger partial charge in [-0.25, -0.2) is 0 Å². The number of amides is 1. The standard InChI is InChI=1S/C16H17N3O5/c1-23-13-5-3-2-4-11(13)12-10-17-8-9-18(12)16(20)14-6-7-15(24-14)19(21)22/h2-7,12,17H,8-10H2,1H3. The smallest absolute Gasteiger partial charge is 0.433 e. The fourth-order valence-electron chi connectivity index (χ4n) is 2.85. The minimum absolute atomic E-state index is 0.0384. The molecule has 1 aromatic carbocycles. The maximum absolute atomic E-state index is 12.8. The first kappa shape index (κ1) is 16.0. The van der Waals surface area contributed by atoms with Gasteiger partial charge in [-0.3, -0.25) is 14.9 Å². The number of para-hydroxylation sites is 1. The minimum Gasteiger partial charge on any atom is -0.496 e. The molecule has 1 aliphatic rings. The van der Waals surface area contributed by atoms with Crippen LogP contribution in [0.5, 0.6) is 5.75 Å². The Kier molecular flexibility index (Phi) is 4.48. The molecule has 1 saturated heterocycles. The van der Waals surface area contributed by atoms with Crippen LogP contribution in [0.3, 0.4) is 0 Å². The summed E-state index contributed by atoms with van der Waals surface area (Å²) in [7, 11) is 1.58. The number of hydrogen-bond acceptors (Lipinski definition) is 6. The highest BCUT2D eigenvalue weighted by Crippen LogP contribution is 2.31. The highest BCUT2D eigenvalue weighted by molar-refractivity contribution is 5.92. The van der Waals surface area contributed by atoms with E-state index in [1.807, 2.05) is 24.3 Å². The van der Waals surface area contributed by atoms with Crippen molar-refractivity contribution in [1.82, 2.24) is 10.2 Å². The zero-order chi connectivity index (χ0) is 17.1. The first-order valence-corrected chi connectivity index (χ1v) is 7.50. The third-order valence-corrected chi connectivity index (χ3v) is 3.98. The van der Waals surface area contributed by atoms with E-state index in [0.717, 1.165) is 5.56 Å².